The van der Waals surface area contributed by atoms with Crippen molar-refractivity contribution in [2.75, 3.05) is 6.67 Å². The number of rotatable bonds is 5. The zero-order chi connectivity index (χ0) is 10.1. The summed E-state index contributed by atoms with van der Waals surface area (Å²) < 4.78 is 11.8. The van der Waals surface area contributed by atoms with Crippen molar-refractivity contribution in [2.24, 2.45) is 0 Å². The Morgan fingerprint density at radius 1 is 1.69 bits per heavy atom. The summed E-state index contributed by atoms with van der Waals surface area (Å²) in [4.78, 5) is 0. The summed E-state index contributed by atoms with van der Waals surface area (Å²) in [5.41, 5.74) is 0.693. The van der Waals surface area contributed by atoms with Crippen molar-refractivity contribution in [1.82, 2.24) is 0 Å². The van der Waals surface area contributed by atoms with Gasteiger partial charge in [-0.05, 0) is 12.0 Å². The molecular weight excluding hydrogens is 167 g/mol. The number of terminal acetylenes is 1. The Bertz CT molecular complexity index is 223. The van der Waals surface area contributed by atoms with E-state index in [9.17, 15) is 9.50 Å². The maximum absolute atomic E-state index is 11.8. The number of aliphatic hydroxyl groups excluding tert-OH is 1. The molecule has 0 aromatic rings. The average Bonchev–Trinajstić information content (AvgIpc) is 2.17. The van der Waals surface area contributed by atoms with Crippen LogP contribution in [0.3, 0.4) is 0 Å². The molecule has 0 radical (unpaired) electrons. The number of aliphatic hydroxyl groups is 1. The van der Waals surface area contributed by atoms with E-state index >= 15 is 0 Å². The maximum atomic E-state index is 11.8. The molecule has 0 amide bonds. The third-order valence-electron chi connectivity index (χ3n) is 1.63. The van der Waals surface area contributed by atoms with Crippen molar-refractivity contribution in [3.8, 4) is 12.3 Å². The van der Waals surface area contributed by atoms with Crippen LogP contribution in [0.4, 0.5) is 4.39 Å². The maximum Gasteiger partial charge on any atom is 0.108 e. The van der Waals surface area contributed by atoms with E-state index in [4.69, 9.17) is 6.42 Å². The molecule has 0 fully saturated rings. The molecular formula is C11H15FO. The van der Waals surface area contributed by atoms with Crippen LogP contribution < -0.4 is 0 Å². The molecule has 1 nitrogen and oxygen atoms in total. The van der Waals surface area contributed by atoms with E-state index in [0.29, 0.717) is 18.4 Å². The van der Waals surface area contributed by atoms with Crippen LogP contribution in [-0.2, 0) is 0 Å². The zero-order valence-corrected chi connectivity index (χ0v) is 7.83. The molecule has 1 unspecified atom stereocenters. The molecule has 2 heteroatoms. The van der Waals surface area contributed by atoms with Gasteiger partial charge in [-0.25, -0.2) is 4.39 Å². The first-order valence-corrected chi connectivity index (χ1v) is 4.30. The van der Waals surface area contributed by atoms with Crippen molar-refractivity contribution in [2.45, 2.75) is 25.9 Å². The Morgan fingerprint density at radius 2 is 2.38 bits per heavy atom. The summed E-state index contributed by atoms with van der Waals surface area (Å²) in [7, 11) is 0. The van der Waals surface area contributed by atoms with Crippen molar-refractivity contribution in [3.63, 3.8) is 0 Å². The molecule has 0 saturated carbocycles. The molecule has 13 heavy (non-hydrogen) atoms. The first kappa shape index (κ1) is 11.9. The van der Waals surface area contributed by atoms with Gasteiger partial charge in [-0.2, -0.15) is 0 Å². The molecule has 0 heterocycles. The van der Waals surface area contributed by atoms with Gasteiger partial charge in [-0.3, -0.25) is 0 Å². The van der Waals surface area contributed by atoms with E-state index in [0.717, 1.165) is 0 Å². The summed E-state index contributed by atoms with van der Waals surface area (Å²) in [5.74, 6) is 2.44. The Morgan fingerprint density at radius 3 is 2.85 bits per heavy atom. The molecule has 0 bridgehead atoms. The Labute approximate surface area is 79.0 Å². The normalized spacial score (nSPS) is 14.5. The Hall–Kier alpha value is -1.07. The highest BCUT2D eigenvalue weighted by Crippen LogP contribution is 2.08. The van der Waals surface area contributed by atoms with Crippen LogP contribution in [0.25, 0.3) is 0 Å². The minimum absolute atomic E-state index is 0.461. The van der Waals surface area contributed by atoms with E-state index < -0.39 is 12.8 Å². The first-order valence-electron chi connectivity index (χ1n) is 4.30. The lowest BCUT2D eigenvalue weighted by Crippen LogP contribution is -2.06. The minimum atomic E-state index is -0.545. The van der Waals surface area contributed by atoms with Gasteiger partial charge in [0.15, 0.2) is 0 Å². The van der Waals surface area contributed by atoms with E-state index in [1.165, 1.54) is 6.08 Å². The summed E-state index contributed by atoms with van der Waals surface area (Å²) >= 11 is 0. The fourth-order valence-corrected chi connectivity index (χ4v) is 0.908. The highest BCUT2D eigenvalue weighted by Gasteiger charge is 2.03. The molecule has 72 valence electrons. The number of alkyl halides is 1. The molecule has 1 atom stereocenters. The smallest absolute Gasteiger partial charge is 0.108 e. The quantitative estimate of drug-likeness (QED) is 0.510. The van der Waals surface area contributed by atoms with Gasteiger partial charge in [0.05, 0.1) is 6.10 Å². The summed E-state index contributed by atoms with van der Waals surface area (Å²) in [6, 6.07) is 0. The molecule has 1 N–H and O–H groups in total. The number of hydrogen-bond donors (Lipinski definition) is 1. The third-order valence-corrected chi connectivity index (χ3v) is 1.63. The first-order chi connectivity index (χ1) is 6.26. The number of halogens is 1. The van der Waals surface area contributed by atoms with Crippen molar-refractivity contribution < 1.29 is 9.50 Å². The lowest BCUT2D eigenvalue weighted by Gasteiger charge is -2.08. The van der Waals surface area contributed by atoms with Crippen LogP contribution in [0.2, 0.25) is 0 Å². The van der Waals surface area contributed by atoms with Crippen LogP contribution in [0.5, 0.6) is 0 Å². The third kappa shape index (κ3) is 5.21. The molecule has 0 saturated heterocycles. The van der Waals surface area contributed by atoms with Crippen molar-refractivity contribution >= 4 is 0 Å². The lowest BCUT2D eigenvalue weighted by atomic mass is 10.1. The van der Waals surface area contributed by atoms with Crippen molar-refractivity contribution in [1.29, 1.82) is 0 Å². The van der Waals surface area contributed by atoms with Gasteiger partial charge in [0.2, 0.25) is 0 Å². The fraction of sp³-hybridized carbons (Fsp3) is 0.455. The fourth-order valence-electron chi connectivity index (χ4n) is 0.908. The SMILES string of the molecule is C#CC/C=C(\C=C/CF)C(O)CC. The summed E-state index contributed by atoms with van der Waals surface area (Å²) in [6.07, 6.45) is 10.3. The Kier molecular flexibility index (Phi) is 6.95. The van der Waals surface area contributed by atoms with E-state index in [1.807, 2.05) is 6.92 Å². The lowest BCUT2D eigenvalue weighted by molar-refractivity contribution is 0.210. The monoisotopic (exact) mass is 182 g/mol. The predicted octanol–water partition coefficient (Wildman–Crippen LogP) is 2.23. The van der Waals surface area contributed by atoms with Crippen LogP contribution in [0.1, 0.15) is 19.8 Å². The van der Waals surface area contributed by atoms with Crippen LogP contribution in [-0.4, -0.2) is 17.9 Å². The second-order valence-electron chi connectivity index (χ2n) is 2.59. The number of hydrogen-bond acceptors (Lipinski definition) is 1. The molecule has 0 aliphatic carbocycles. The standard InChI is InChI=1S/C11H15FO/c1-3-5-7-10(8-6-9-12)11(13)4-2/h1,6-8,11,13H,4-5,9H2,2H3/b8-6-,10-7+. The molecule has 0 aromatic heterocycles. The predicted molar refractivity (Wildman–Crippen MR) is 52.9 cm³/mol. The molecule has 0 aliphatic heterocycles. The molecule has 0 aromatic carbocycles. The van der Waals surface area contributed by atoms with Crippen molar-refractivity contribution in [3.05, 3.63) is 23.8 Å². The highest BCUT2D eigenvalue weighted by atomic mass is 19.1. The van der Waals surface area contributed by atoms with Gasteiger partial charge in [0.25, 0.3) is 0 Å². The minimum Gasteiger partial charge on any atom is -0.388 e. The van der Waals surface area contributed by atoms with Gasteiger partial charge in [0, 0.05) is 6.42 Å². The zero-order valence-electron chi connectivity index (χ0n) is 7.83. The van der Waals surface area contributed by atoms with Crippen LogP contribution >= 0.6 is 0 Å². The van der Waals surface area contributed by atoms with Gasteiger partial charge >= 0.3 is 0 Å². The van der Waals surface area contributed by atoms with Crippen LogP contribution in [0.15, 0.2) is 23.8 Å². The second-order valence-corrected chi connectivity index (χ2v) is 2.59. The highest BCUT2D eigenvalue weighted by molar-refractivity contribution is 5.24. The van der Waals surface area contributed by atoms with E-state index in [-0.39, 0.29) is 0 Å². The van der Waals surface area contributed by atoms with Gasteiger partial charge < -0.3 is 5.11 Å². The van der Waals surface area contributed by atoms with E-state index in [2.05, 4.69) is 5.92 Å². The molecule has 0 rings (SSSR count). The topological polar surface area (TPSA) is 20.2 Å². The average molecular weight is 182 g/mol. The Balaban J connectivity index is 4.37. The van der Waals surface area contributed by atoms with E-state index in [1.54, 1.807) is 12.2 Å². The number of allylic oxidation sites excluding steroid dienone is 2. The van der Waals surface area contributed by atoms with Gasteiger partial charge in [-0.15, -0.1) is 12.3 Å². The summed E-state index contributed by atoms with van der Waals surface area (Å²) in [6.45, 7) is 1.33. The summed E-state index contributed by atoms with van der Waals surface area (Å²) in [5, 5.41) is 9.46. The van der Waals surface area contributed by atoms with Gasteiger partial charge in [0.1, 0.15) is 6.67 Å². The molecule has 0 aliphatic rings. The second kappa shape index (κ2) is 7.57. The largest absolute Gasteiger partial charge is 0.388 e. The van der Waals surface area contributed by atoms with Gasteiger partial charge in [-0.1, -0.05) is 25.2 Å². The van der Waals surface area contributed by atoms with Crippen LogP contribution in [0, 0.1) is 12.3 Å². The molecule has 0 spiro atoms.